The van der Waals surface area contributed by atoms with Crippen LogP contribution in [0.1, 0.15) is 31.0 Å². The van der Waals surface area contributed by atoms with Gasteiger partial charge < -0.3 is 4.74 Å². The first kappa shape index (κ1) is 27.6. The van der Waals surface area contributed by atoms with Crippen molar-refractivity contribution in [1.29, 1.82) is 0 Å². The van der Waals surface area contributed by atoms with Crippen LogP contribution >= 0.6 is 0 Å². The summed E-state index contributed by atoms with van der Waals surface area (Å²) in [4.78, 5) is 16.5. The smallest absolute Gasteiger partial charge is 0.433 e. The van der Waals surface area contributed by atoms with E-state index in [1.54, 1.807) is 0 Å². The van der Waals surface area contributed by atoms with Crippen LogP contribution < -0.4 is 4.74 Å². The molecule has 38 heavy (non-hydrogen) atoms. The van der Waals surface area contributed by atoms with E-state index in [0.717, 1.165) is 40.8 Å². The first-order chi connectivity index (χ1) is 17.8. The maximum Gasteiger partial charge on any atom is 0.433 e. The summed E-state index contributed by atoms with van der Waals surface area (Å²) in [5, 5.41) is 4.16. The van der Waals surface area contributed by atoms with Gasteiger partial charge in [-0.25, -0.2) is 26.9 Å². The summed E-state index contributed by atoms with van der Waals surface area (Å²) in [5.74, 6) is -1.09. The number of aromatic nitrogens is 3. The first-order valence-corrected chi connectivity index (χ1v) is 12.8. The maximum absolute atomic E-state index is 14.5. The largest absolute Gasteiger partial charge is 0.480 e. The Morgan fingerprint density at radius 2 is 1.87 bits per heavy atom. The predicted octanol–water partition coefficient (Wildman–Crippen LogP) is 4.13. The van der Waals surface area contributed by atoms with Crippen LogP contribution in [0.2, 0.25) is 0 Å². The Labute approximate surface area is 215 Å². The number of carbonyl (C=O) groups excluding carboxylic acids is 1. The minimum absolute atomic E-state index is 0.0348. The van der Waals surface area contributed by atoms with E-state index in [4.69, 9.17) is 4.74 Å². The molecular formula is C24H23F5N4O4S. The molecule has 1 aromatic carbocycles. The van der Waals surface area contributed by atoms with Crippen LogP contribution in [0.25, 0.3) is 5.69 Å². The van der Waals surface area contributed by atoms with E-state index in [0.29, 0.717) is 5.56 Å². The zero-order valence-corrected chi connectivity index (χ0v) is 21.1. The van der Waals surface area contributed by atoms with E-state index in [2.05, 4.69) is 10.1 Å². The Morgan fingerprint density at radius 1 is 1.18 bits per heavy atom. The average Bonchev–Trinajstić information content (AvgIpc) is 3.43. The number of ether oxygens (including phenoxy) is 1. The van der Waals surface area contributed by atoms with Crippen LogP contribution in [0.4, 0.5) is 22.0 Å². The van der Waals surface area contributed by atoms with Gasteiger partial charge in [-0.2, -0.15) is 17.5 Å². The monoisotopic (exact) mass is 558 g/mol. The Balaban J connectivity index is 1.54. The van der Waals surface area contributed by atoms with E-state index >= 15 is 0 Å². The lowest BCUT2D eigenvalue weighted by atomic mass is 9.90. The van der Waals surface area contributed by atoms with Gasteiger partial charge in [-0.15, -0.1) is 5.10 Å². The molecule has 0 saturated carbocycles. The second-order valence-corrected chi connectivity index (χ2v) is 10.9. The van der Waals surface area contributed by atoms with Gasteiger partial charge in [0, 0.05) is 31.1 Å². The van der Waals surface area contributed by atoms with Crippen LogP contribution in [-0.4, -0.2) is 58.6 Å². The van der Waals surface area contributed by atoms with Crippen molar-refractivity contribution in [3.8, 4) is 11.6 Å². The van der Waals surface area contributed by atoms with Gasteiger partial charge in [0.05, 0.1) is 29.4 Å². The van der Waals surface area contributed by atoms with Crippen LogP contribution in [0.5, 0.6) is 5.88 Å². The Kier molecular flexibility index (Phi) is 7.32. The summed E-state index contributed by atoms with van der Waals surface area (Å²) >= 11 is 0. The quantitative estimate of drug-likeness (QED) is 0.386. The number of benzene rings is 1. The molecule has 0 unspecified atom stereocenters. The number of aryl methyl sites for hydroxylation is 1. The van der Waals surface area contributed by atoms with Crippen molar-refractivity contribution in [2.75, 3.05) is 13.7 Å². The molecular weight excluding hydrogens is 535 g/mol. The molecule has 14 heteroatoms. The molecule has 2 aromatic heterocycles. The number of hydrogen-bond donors (Lipinski definition) is 0. The van der Waals surface area contributed by atoms with Crippen molar-refractivity contribution in [2.24, 2.45) is 0 Å². The van der Waals surface area contributed by atoms with Gasteiger partial charge in [-0.3, -0.25) is 4.79 Å². The van der Waals surface area contributed by atoms with Gasteiger partial charge in [0.1, 0.15) is 17.7 Å². The predicted molar refractivity (Wildman–Crippen MR) is 124 cm³/mol. The van der Waals surface area contributed by atoms with Crippen molar-refractivity contribution in [2.45, 2.75) is 49.0 Å². The number of Topliss-reactive ketones (excluding diaryl/α,β-unsaturated/α-hetero) is 1. The number of pyridine rings is 1. The van der Waals surface area contributed by atoms with Crippen LogP contribution in [0.3, 0.4) is 0 Å². The number of rotatable bonds is 8. The Morgan fingerprint density at radius 3 is 2.45 bits per heavy atom. The summed E-state index contributed by atoms with van der Waals surface area (Å²) in [5.41, 5.74) is -2.12. The highest BCUT2D eigenvalue weighted by atomic mass is 32.2. The zero-order chi connectivity index (χ0) is 27.9. The molecule has 204 valence electrons. The minimum Gasteiger partial charge on any atom is -0.480 e. The van der Waals surface area contributed by atoms with E-state index < -0.39 is 51.7 Å². The van der Waals surface area contributed by atoms with E-state index in [-0.39, 0.29) is 35.7 Å². The molecule has 1 aliphatic heterocycles. The molecule has 1 aliphatic rings. The lowest BCUT2D eigenvalue weighted by Crippen LogP contribution is -2.50. The van der Waals surface area contributed by atoms with E-state index in [1.807, 2.05) is 0 Å². The Hall–Kier alpha value is -3.39. The molecule has 8 nitrogen and oxygen atoms in total. The standard InChI is InChI=1S/C24H23F5N4O4S/c1-23(11-17(26)14-33(23)38(35,36)19-7-4-16(25)5-8-19)21(34)10-3-15-13-32(31-22(15)37-2)18-6-9-20(30-12-18)24(27,28)29/h4-9,12-13,17H,3,10-11,14H2,1-2H3/t17-,23-/m1/s1. The highest BCUT2D eigenvalue weighted by molar-refractivity contribution is 7.89. The topological polar surface area (TPSA) is 94.4 Å². The zero-order valence-electron chi connectivity index (χ0n) is 20.2. The third-order valence-corrected chi connectivity index (χ3v) is 8.40. The number of halogens is 5. The van der Waals surface area contributed by atoms with E-state index in [1.165, 1.54) is 31.0 Å². The maximum atomic E-state index is 14.5. The highest BCUT2D eigenvalue weighted by Crippen LogP contribution is 2.38. The van der Waals surface area contributed by atoms with Crippen LogP contribution in [-0.2, 0) is 27.4 Å². The van der Waals surface area contributed by atoms with Crippen molar-refractivity contribution >= 4 is 15.8 Å². The molecule has 2 atom stereocenters. The summed E-state index contributed by atoms with van der Waals surface area (Å²) in [7, 11) is -2.98. The molecule has 3 aromatic rings. The van der Waals surface area contributed by atoms with Crippen LogP contribution in [0, 0.1) is 5.82 Å². The molecule has 0 spiro atoms. The van der Waals surface area contributed by atoms with Gasteiger partial charge in [0.2, 0.25) is 15.9 Å². The van der Waals surface area contributed by atoms with Crippen molar-refractivity contribution < 1.29 is 39.9 Å². The summed E-state index contributed by atoms with van der Waals surface area (Å²) in [6, 6.07) is 6.01. The van der Waals surface area contributed by atoms with E-state index in [9.17, 15) is 35.2 Å². The number of alkyl halides is 4. The molecule has 1 fully saturated rings. The third-order valence-electron chi connectivity index (χ3n) is 6.40. The number of nitrogens with zero attached hydrogens (tertiary/aromatic N) is 4. The summed E-state index contributed by atoms with van der Waals surface area (Å²) in [6.45, 7) is 0.828. The van der Waals surface area contributed by atoms with Crippen molar-refractivity contribution in [1.82, 2.24) is 19.1 Å². The second-order valence-electron chi connectivity index (χ2n) is 9.00. The summed E-state index contributed by atoms with van der Waals surface area (Å²) < 4.78 is 99.9. The fourth-order valence-corrected chi connectivity index (χ4v) is 6.20. The normalized spacial score (nSPS) is 20.6. The summed E-state index contributed by atoms with van der Waals surface area (Å²) in [6.07, 6.45) is -4.25. The number of ketones is 1. The number of methoxy groups -OCH3 is 1. The fourth-order valence-electron chi connectivity index (χ4n) is 4.41. The number of sulfonamides is 1. The fraction of sp³-hybridized carbons (Fsp3) is 0.375. The van der Waals surface area contributed by atoms with Crippen molar-refractivity contribution in [3.05, 3.63) is 65.9 Å². The Bertz CT molecular complexity index is 1430. The minimum atomic E-state index is -4.60. The van der Waals surface area contributed by atoms with Crippen LogP contribution in [0.15, 0.2) is 53.7 Å². The lowest BCUT2D eigenvalue weighted by molar-refractivity contribution is -0.141. The van der Waals surface area contributed by atoms with Gasteiger partial charge in [-0.05, 0) is 49.7 Å². The van der Waals surface area contributed by atoms with Gasteiger partial charge in [0.15, 0.2) is 5.78 Å². The third kappa shape index (κ3) is 5.27. The highest BCUT2D eigenvalue weighted by Gasteiger charge is 2.52. The van der Waals surface area contributed by atoms with Crippen molar-refractivity contribution in [3.63, 3.8) is 0 Å². The van der Waals surface area contributed by atoms with Gasteiger partial charge in [-0.1, -0.05) is 0 Å². The lowest BCUT2D eigenvalue weighted by Gasteiger charge is -2.32. The molecule has 0 bridgehead atoms. The second kappa shape index (κ2) is 10.1. The SMILES string of the molecule is COc1nn(-c2ccc(C(F)(F)F)nc2)cc1CCC(=O)[C@@]1(C)C[C@@H](F)CN1S(=O)(=O)c1ccc(F)cc1. The number of carbonyl (C=O) groups is 1. The molecule has 0 N–H and O–H groups in total. The van der Waals surface area contributed by atoms with Gasteiger partial charge in [0.25, 0.3) is 0 Å². The first-order valence-electron chi connectivity index (χ1n) is 11.4. The molecule has 3 heterocycles. The molecule has 0 amide bonds. The molecule has 0 aliphatic carbocycles. The molecule has 0 radical (unpaired) electrons. The van der Waals surface area contributed by atoms with Gasteiger partial charge >= 0.3 is 6.18 Å². The number of hydrogen-bond acceptors (Lipinski definition) is 6. The average molecular weight is 559 g/mol. The molecule has 4 rings (SSSR count). The molecule has 1 saturated heterocycles.